The quantitative estimate of drug-likeness (QED) is 0.768. The Morgan fingerprint density at radius 1 is 1.21 bits per heavy atom. The summed E-state index contributed by atoms with van der Waals surface area (Å²) < 4.78 is 35.7. The highest BCUT2D eigenvalue weighted by Crippen LogP contribution is 2.09. The predicted molar refractivity (Wildman–Crippen MR) is 65.5 cm³/mol. The number of benzene rings is 1. The molecule has 0 fully saturated rings. The number of hydrogen-bond donors (Lipinski definition) is 1. The third-order valence-corrected chi connectivity index (χ3v) is 2.55. The second kappa shape index (κ2) is 7.81. The molecule has 0 aromatic heterocycles. The van der Waals surface area contributed by atoms with Crippen molar-refractivity contribution in [1.29, 1.82) is 0 Å². The zero-order valence-electron chi connectivity index (χ0n) is 10.9. The Bertz CT molecular complexity index is 402. The molecule has 19 heavy (non-hydrogen) atoms. The molecule has 0 atom stereocenters. The smallest absolute Gasteiger partial charge is 0.220 e. The zero-order valence-corrected chi connectivity index (χ0v) is 10.9. The number of rotatable bonds is 7. The molecule has 0 aliphatic heterocycles. The fourth-order valence-electron chi connectivity index (χ4n) is 1.56. The Morgan fingerprint density at radius 3 is 2.32 bits per heavy atom. The van der Waals surface area contributed by atoms with Gasteiger partial charge in [0, 0.05) is 26.7 Å². The fourth-order valence-corrected chi connectivity index (χ4v) is 1.56. The Labute approximate surface area is 110 Å². The van der Waals surface area contributed by atoms with E-state index in [1.807, 2.05) is 0 Å². The van der Waals surface area contributed by atoms with E-state index in [1.165, 1.54) is 26.4 Å². The number of aryl methyl sites for hydroxylation is 1. The van der Waals surface area contributed by atoms with Crippen LogP contribution in [0.2, 0.25) is 0 Å². The molecule has 0 bridgehead atoms. The summed E-state index contributed by atoms with van der Waals surface area (Å²) in [6.07, 6.45) is -0.0932. The van der Waals surface area contributed by atoms with Crippen LogP contribution < -0.4 is 5.32 Å². The number of methoxy groups -OCH3 is 2. The van der Waals surface area contributed by atoms with Crippen molar-refractivity contribution in [2.45, 2.75) is 19.1 Å². The van der Waals surface area contributed by atoms with Crippen LogP contribution in [-0.2, 0) is 20.7 Å². The van der Waals surface area contributed by atoms with Crippen LogP contribution in [0.1, 0.15) is 12.0 Å². The molecule has 106 valence electrons. The highest BCUT2D eigenvalue weighted by atomic mass is 19.1. The maximum Gasteiger partial charge on any atom is 0.220 e. The lowest BCUT2D eigenvalue weighted by Crippen LogP contribution is -2.34. The molecule has 0 spiro atoms. The first-order valence-electron chi connectivity index (χ1n) is 5.82. The van der Waals surface area contributed by atoms with E-state index >= 15 is 0 Å². The molecule has 0 radical (unpaired) electrons. The molecule has 0 aliphatic carbocycles. The number of amides is 1. The summed E-state index contributed by atoms with van der Waals surface area (Å²) in [5, 5.41) is 2.61. The average molecular weight is 273 g/mol. The second-order valence-corrected chi connectivity index (χ2v) is 3.98. The monoisotopic (exact) mass is 273 g/mol. The van der Waals surface area contributed by atoms with E-state index in [-0.39, 0.29) is 25.3 Å². The van der Waals surface area contributed by atoms with Gasteiger partial charge in [-0.1, -0.05) is 0 Å². The van der Waals surface area contributed by atoms with Crippen molar-refractivity contribution in [3.8, 4) is 0 Å². The summed E-state index contributed by atoms with van der Waals surface area (Å²) in [5.41, 5.74) is 0.447. The molecule has 0 saturated heterocycles. The number of carbonyl (C=O) groups excluding carboxylic acids is 1. The van der Waals surface area contributed by atoms with Crippen LogP contribution in [0.4, 0.5) is 8.78 Å². The van der Waals surface area contributed by atoms with E-state index in [4.69, 9.17) is 9.47 Å². The van der Waals surface area contributed by atoms with Crippen molar-refractivity contribution in [1.82, 2.24) is 5.32 Å². The summed E-state index contributed by atoms with van der Waals surface area (Å²) >= 11 is 0. The number of ether oxygens (including phenoxy) is 2. The van der Waals surface area contributed by atoms with E-state index < -0.39 is 17.9 Å². The Kier molecular flexibility index (Phi) is 6.38. The summed E-state index contributed by atoms with van der Waals surface area (Å²) in [6.45, 7) is 0.226. The van der Waals surface area contributed by atoms with Crippen molar-refractivity contribution in [3.05, 3.63) is 35.4 Å². The maximum absolute atomic E-state index is 12.9. The molecule has 1 rings (SSSR count). The molecule has 1 amide bonds. The highest BCUT2D eigenvalue weighted by molar-refractivity contribution is 5.76. The van der Waals surface area contributed by atoms with Crippen LogP contribution in [0, 0.1) is 11.6 Å². The van der Waals surface area contributed by atoms with Gasteiger partial charge in [0.1, 0.15) is 11.6 Å². The maximum atomic E-state index is 12.9. The van der Waals surface area contributed by atoms with Gasteiger partial charge >= 0.3 is 0 Å². The van der Waals surface area contributed by atoms with Crippen LogP contribution in [0.5, 0.6) is 0 Å². The fraction of sp³-hybridized carbons (Fsp3) is 0.462. The van der Waals surface area contributed by atoms with Crippen LogP contribution in [-0.4, -0.2) is 33.0 Å². The lowest BCUT2D eigenvalue weighted by atomic mass is 10.1. The van der Waals surface area contributed by atoms with E-state index in [9.17, 15) is 13.6 Å². The topological polar surface area (TPSA) is 47.6 Å². The van der Waals surface area contributed by atoms with Gasteiger partial charge in [0.15, 0.2) is 6.29 Å². The van der Waals surface area contributed by atoms with E-state index in [0.29, 0.717) is 5.56 Å². The van der Waals surface area contributed by atoms with Gasteiger partial charge in [-0.3, -0.25) is 4.79 Å². The second-order valence-electron chi connectivity index (χ2n) is 3.98. The lowest BCUT2D eigenvalue weighted by Gasteiger charge is -2.13. The standard InChI is InChI=1S/C13H17F2NO3/c1-18-13(19-2)8-16-12(17)4-3-9-5-10(14)7-11(15)6-9/h5-7,13H,3-4,8H2,1-2H3,(H,16,17). The molecule has 0 heterocycles. The van der Waals surface area contributed by atoms with Crippen LogP contribution in [0.25, 0.3) is 0 Å². The minimum atomic E-state index is -0.644. The third kappa shape index (κ3) is 5.76. The van der Waals surface area contributed by atoms with E-state index in [2.05, 4.69) is 5.32 Å². The van der Waals surface area contributed by atoms with Crippen LogP contribution >= 0.6 is 0 Å². The van der Waals surface area contributed by atoms with Gasteiger partial charge in [0.25, 0.3) is 0 Å². The normalized spacial score (nSPS) is 10.8. The van der Waals surface area contributed by atoms with Gasteiger partial charge in [-0.15, -0.1) is 0 Å². The minimum absolute atomic E-state index is 0.142. The lowest BCUT2D eigenvalue weighted by molar-refractivity contribution is -0.127. The van der Waals surface area contributed by atoms with Crippen molar-refractivity contribution in [2.75, 3.05) is 20.8 Å². The van der Waals surface area contributed by atoms with Crippen molar-refractivity contribution in [2.24, 2.45) is 0 Å². The van der Waals surface area contributed by atoms with E-state index in [0.717, 1.165) is 6.07 Å². The first kappa shape index (κ1) is 15.5. The Hall–Kier alpha value is -1.53. The van der Waals surface area contributed by atoms with E-state index in [1.54, 1.807) is 0 Å². The molecular weight excluding hydrogens is 256 g/mol. The van der Waals surface area contributed by atoms with Gasteiger partial charge in [-0.05, 0) is 24.1 Å². The molecule has 1 aromatic carbocycles. The third-order valence-electron chi connectivity index (χ3n) is 2.55. The van der Waals surface area contributed by atoms with Gasteiger partial charge in [0.05, 0.1) is 6.54 Å². The molecule has 0 saturated carbocycles. The minimum Gasteiger partial charge on any atom is -0.354 e. The molecule has 4 nitrogen and oxygen atoms in total. The first-order chi connectivity index (χ1) is 9.05. The summed E-state index contributed by atoms with van der Waals surface area (Å²) in [5.74, 6) is -1.52. The number of hydrogen-bond acceptors (Lipinski definition) is 3. The molecule has 1 aromatic rings. The Balaban J connectivity index is 2.37. The summed E-state index contributed by atoms with van der Waals surface area (Å²) in [4.78, 5) is 11.5. The number of nitrogens with one attached hydrogen (secondary N) is 1. The van der Waals surface area contributed by atoms with Crippen molar-refractivity contribution >= 4 is 5.91 Å². The largest absolute Gasteiger partial charge is 0.354 e. The summed E-state index contributed by atoms with van der Waals surface area (Å²) in [7, 11) is 2.94. The predicted octanol–water partition coefficient (Wildman–Crippen LogP) is 1.63. The number of halogens is 2. The SMILES string of the molecule is COC(CNC(=O)CCc1cc(F)cc(F)c1)OC. The first-order valence-corrected chi connectivity index (χ1v) is 5.82. The van der Waals surface area contributed by atoms with Gasteiger partial charge in [0.2, 0.25) is 5.91 Å². The molecular formula is C13H17F2NO3. The Morgan fingerprint density at radius 2 is 1.79 bits per heavy atom. The summed E-state index contributed by atoms with van der Waals surface area (Å²) in [6, 6.07) is 3.22. The average Bonchev–Trinajstić information content (AvgIpc) is 2.36. The van der Waals surface area contributed by atoms with Gasteiger partial charge in [-0.2, -0.15) is 0 Å². The molecule has 0 unspecified atom stereocenters. The van der Waals surface area contributed by atoms with Crippen molar-refractivity contribution < 1.29 is 23.0 Å². The highest BCUT2D eigenvalue weighted by Gasteiger charge is 2.08. The van der Waals surface area contributed by atoms with Gasteiger partial charge < -0.3 is 14.8 Å². The number of carbonyl (C=O) groups is 1. The molecule has 0 aliphatic rings. The van der Waals surface area contributed by atoms with Crippen LogP contribution in [0.15, 0.2) is 18.2 Å². The van der Waals surface area contributed by atoms with Crippen molar-refractivity contribution in [3.63, 3.8) is 0 Å². The van der Waals surface area contributed by atoms with Gasteiger partial charge in [-0.25, -0.2) is 8.78 Å². The molecule has 1 N–H and O–H groups in total. The molecule has 6 heteroatoms. The van der Waals surface area contributed by atoms with Crippen LogP contribution in [0.3, 0.4) is 0 Å². The zero-order chi connectivity index (χ0) is 14.3.